The summed E-state index contributed by atoms with van der Waals surface area (Å²) in [6, 6.07) is 0. The van der Waals surface area contributed by atoms with Crippen LogP contribution in [0.5, 0.6) is 0 Å². The van der Waals surface area contributed by atoms with Gasteiger partial charge in [0, 0.05) is 6.42 Å². The van der Waals surface area contributed by atoms with Gasteiger partial charge in [-0.25, -0.2) is 0 Å². The van der Waals surface area contributed by atoms with Gasteiger partial charge in [-0.2, -0.15) is 0 Å². The van der Waals surface area contributed by atoms with Crippen molar-refractivity contribution in [3.05, 3.63) is 0 Å². The van der Waals surface area contributed by atoms with Crippen LogP contribution in [0.2, 0.25) is 0 Å². The summed E-state index contributed by atoms with van der Waals surface area (Å²) in [6.45, 7) is 2.92. The van der Waals surface area contributed by atoms with Crippen LogP contribution in [-0.4, -0.2) is 12.6 Å². The van der Waals surface area contributed by atoms with Crippen molar-refractivity contribution in [3.8, 4) is 0 Å². The average Bonchev–Trinajstić information content (AvgIpc) is 3.27. The fourth-order valence-corrected chi connectivity index (χ4v) is 8.47. The van der Waals surface area contributed by atoms with Gasteiger partial charge < -0.3 is 4.74 Å². The van der Waals surface area contributed by atoms with E-state index in [0.29, 0.717) is 23.9 Å². The summed E-state index contributed by atoms with van der Waals surface area (Å²) in [5, 5.41) is 0. The molecule has 0 radical (unpaired) electrons. The Kier molecular flexibility index (Phi) is 15.8. The molecule has 2 heteroatoms. The van der Waals surface area contributed by atoms with Crippen LogP contribution in [0.4, 0.5) is 0 Å². The Morgan fingerprint density at radius 1 is 0.605 bits per heavy atom. The molecular weight excluding hydrogens is 464 g/mol. The summed E-state index contributed by atoms with van der Waals surface area (Å²) >= 11 is 0. The molecular formula is C36H66O2. The molecule has 2 nitrogen and oxygen atoms in total. The zero-order valence-corrected chi connectivity index (χ0v) is 25.8. The lowest BCUT2D eigenvalue weighted by atomic mass is 9.65. The van der Waals surface area contributed by atoms with Crippen LogP contribution in [0.1, 0.15) is 200 Å². The highest BCUT2D eigenvalue weighted by Crippen LogP contribution is 2.60. The quantitative estimate of drug-likeness (QED) is 0.165. The van der Waals surface area contributed by atoms with E-state index >= 15 is 0 Å². The predicted molar refractivity (Wildman–Crippen MR) is 163 cm³/mol. The first-order valence-corrected chi connectivity index (χ1v) is 17.8. The van der Waals surface area contributed by atoms with Crippen molar-refractivity contribution in [2.24, 2.45) is 16.7 Å². The SMILES string of the molecule is CCCCCCCCCCCCOC(=O)CCC1CCC2(CC1)CCC1(CCCCCCCCCCC1)C2. The van der Waals surface area contributed by atoms with Gasteiger partial charge in [-0.1, -0.05) is 122 Å². The van der Waals surface area contributed by atoms with Crippen molar-refractivity contribution < 1.29 is 9.53 Å². The molecule has 0 aromatic carbocycles. The highest BCUT2D eigenvalue weighted by molar-refractivity contribution is 5.69. The summed E-state index contributed by atoms with van der Waals surface area (Å²) in [4.78, 5) is 12.3. The maximum atomic E-state index is 12.3. The molecule has 3 fully saturated rings. The summed E-state index contributed by atoms with van der Waals surface area (Å²) in [7, 11) is 0. The van der Waals surface area contributed by atoms with Crippen LogP contribution in [0.25, 0.3) is 0 Å². The van der Waals surface area contributed by atoms with E-state index in [1.54, 1.807) is 0 Å². The number of carbonyl (C=O) groups is 1. The second-order valence-electron chi connectivity index (χ2n) is 14.2. The predicted octanol–water partition coefficient (Wildman–Crippen LogP) is 11.9. The standard InChI is InChI=1S/C36H66O2/c1-2-3-4-5-6-7-11-14-17-20-31-38-34(37)22-21-33-23-27-36(28-24-33)30-29-35(32-36)25-18-15-12-9-8-10-13-16-19-26-35/h33H,2-32H2,1H3. The van der Waals surface area contributed by atoms with Gasteiger partial charge in [0.25, 0.3) is 0 Å². The van der Waals surface area contributed by atoms with Gasteiger partial charge in [-0.3, -0.25) is 4.79 Å². The third-order valence-electron chi connectivity index (χ3n) is 11.0. The molecule has 0 amide bonds. The number of esters is 1. The first-order valence-electron chi connectivity index (χ1n) is 17.8. The number of rotatable bonds is 14. The maximum absolute atomic E-state index is 12.3. The molecule has 0 unspecified atom stereocenters. The van der Waals surface area contributed by atoms with Crippen LogP contribution in [0.15, 0.2) is 0 Å². The molecule has 3 rings (SSSR count). The van der Waals surface area contributed by atoms with Crippen LogP contribution >= 0.6 is 0 Å². The van der Waals surface area contributed by atoms with Gasteiger partial charge in [0.1, 0.15) is 0 Å². The number of unbranched alkanes of at least 4 members (excludes halogenated alkanes) is 9. The van der Waals surface area contributed by atoms with E-state index in [-0.39, 0.29) is 5.97 Å². The number of carbonyl (C=O) groups excluding carboxylic acids is 1. The first-order chi connectivity index (χ1) is 18.7. The van der Waals surface area contributed by atoms with Crippen molar-refractivity contribution in [1.29, 1.82) is 0 Å². The molecule has 0 aliphatic heterocycles. The van der Waals surface area contributed by atoms with Crippen molar-refractivity contribution >= 4 is 5.97 Å². The van der Waals surface area contributed by atoms with Crippen LogP contribution in [0.3, 0.4) is 0 Å². The van der Waals surface area contributed by atoms with Crippen molar-refractivity contribution in [1.82, 2.24) is 0 Å². The van der Waals surface area contributed by atoms with Gasteiger partial charge in [0.05, 0.1) is 6.61 Å². The second kappa shape index (κ2) is 18.7. The summed E-state index contributed by atoms with van der Waals surface area (Å²) < 4.78 is 5.59. The van der Waals surface area contributed by atoms with E-state index in [1.807, 2.05) is 0 Å². The van der Waals surface area contributed by atoms with E-state index in [1.165, 1.54) is 173 Å². The molecule has 0 aromatic rings. The topological polar surface area (TPSA) is 26.3 Å². The maximum Gasteiger partial charge on any atom is 0.305 e. The summed E-state index contributed by atoms with van der Waals surface area (Å²) in [6.07, 6.45) is 41.5. The molecule has 0 aromatic heterocycles. The highest BCUT2D eigenvalue weighted by atomic mass is 16.5. The molecule has 0 bridgehead atoms. The van der Waals surface area contributed by atoms with Crippen LogP contribution < -0.4 is 0 Å². The van der Waals surface area contributed by atoms with Gasteiger partial charge in [0.15, 0.2) is 0 Å². The Morgan fingerprint density at radius 2 is 1.08 bits per heavy atom. The summed E-state index contributed by atoms with van der Waals surface area (Å²) in [5.41, 5.74) is 1.34. The second-order valence-corrected chi connectivity index (χ2v) is 14.2. The Morgan fingerprint density at radius 3 is 1.63 bits per heavy atom. The van der Waals surface area contributed by atoms with Crippen molar-refractivity contribution in [3.63, 3.8) is 0 Å². The smallest absolute Gasteiger partial charge is 0.305 e. The molecule has 0 N–H and O–H groups in total. The first kappa shape index (κ1) is 32.0. The highest BCUT2D eigenvalue weighted by Gasteiger charge is 2.48. The Balaban J connectivity index is 1.23. The van der Waals surface area contributed by atoms with E-state index in [4.69, 9.17) is 4.74 Å². The third kappa shape index (κ3) is 12.3. The fraction of sp³-hybridized carbons (Fsp3) is 0.972. The van der Waals surface area contributed by atoms with Gasteiger partial charge in [-0.15, -0.1) is 0 Å². The van der Waals surface area contributed by atoms with Gasteiger partial charge in [-0.05, 0) is 87.4 Å². The van der Waals surface area contributed by atoms with Crippen LogP contribution in [-0.2, 0) is 9.53 Å². The molecule has 3 saturated carbocycles. The van der Waals surface area contributed by atoms with Crippen molar-refractivity contribution in [2.45, 2.75) is 200 Å². The minimum Gasteiger partial charge on any atom is -0.466 e. The fourth-order valence-electron chi connectivity index (χ4n) is 8.47. The van der Waals surface area contributed by atoms with E-state index in [9.17, 15) is 4.79 Å². The zero-order valence-electron chi connectivity index (χ0n) is 25.8. The van der Waals surface area contributed by atoms with Crippen LogP contribution in [0, 0.1) is 16.7 Å². The number of hydrogen-bond acceptors (Lipinski definition) is 2. The van der Waals surface area contributed by atoms with Gasteiger partial charge >= 0.3 is 5.97 Å². The number of ether oxygens (including phenoxy) is 1. The third-order valence-corrected chi connectivity index (χ3v) is 11.0. The van der Waals surface area contributed by atoms with E-state index in [0.717, 1.165) is 18.8 Å². The molecule has 38 heavy (non-hydrogen) atoms. The Bertz CT molecular complexity index is 590. The summed E-state index contributed by atoms with van der Waals surface area (Å²) in [5.74, 6) is 0.826. The minimum absolute atomic E-state index is 0.0641. The van der Waals surface area contributed by atoms with Gasteiger partial charge in [0.2, 0.25) is 0 Å². The molecule has 0 saturated heterocycles. The molecule has 0 atom stereocenters. The van der Waals surface area contributed by atoms with E-state index in [2.05, 4.69) is 6.92 Å². The van der Waals surface area contributed by atoms with E-state index < -0.39 is 0 Å². The van der Waals surface area contributed by atoms with Crippen molar-refractivity contribution in [2.75, 3.05) is 6.61 Å². The lowest BCUT2D eigenvalue weighted by Gasteiger charge is -2.40. The number of hydrogen-bond donors (Lipinski definition) is 0. The zero-order chi connectivity index (χ0) is 26.8. The molecule has 3 aliphatic carbocycles. The molecule has 0 heterocycles. The normalized spacial score (nSPS) is 26.7. The Labute approximate surface area is 238 Å². The lowest BCUT2D eigenvalue weighted by Crippen LogP contribution is -2.28. The largest absolute Gasteiger partial charge is 0.466 e. The average molecular weight is 531 g/mol. The molecule has 3 aliphatic rings. The Hall–Kier alpha value is -0.530. The monoisotopic (exact) mass is 531 g/mol. The minimum atomic E-state index is 0.0641. The molecule has 222 valence electrons. The molecule has 2 spiro atoms. The lowest BCUT2D eigenvalue weighted by molar-refractivity contribution is -0.144.